The lowest BCUT2D eigenvalue weighted by Crippen LogP contribution is -2.37. The molecule has 0 fully saturated rings. The van der Waals surface area contributed by atoms with E-state index < -0.39 is 10.0 Å². The minimum absolute atomic E-state index is 0. The summed E-state index contributed by atoms with van der Waals surface area (Å²) in [7, 11) is -3.44. The fraction of sp³-hybridized carbons (Fsp3) is 0.562. The van der Waals surface area contributed by atoms with Crippen LogP contribution in [0.1, 0.15) is 33.3 Å². The van der Waals surface area contributed by atoms with Crippen LogP contribution in [-0.4, -0.2) is 38.9 Å². The standard InChI is InChI=1S/C16H28N4O2S.HI/c1-5-20(6-2)16(17)18-12-14-7-9-15(10-8-14)23(21,22)19-11-13(3)4;/h7-10,13,19H,5-6,11-12H2,1-4H3,(H2,17,18);1H. The molecular formula is C16H29IN4O2S. The van der Waals surface area contributed by atoms with E-state index in [4.69, 9.17) is 5.73 Å². The zero-order valence-corrected chi connectivity index (χ0v) is 18.0. The molecule has 0 radical (unpaired) electrons. The molecular weight excluding hydrogens is 439 g/mol. The topological polar surface area (TPSA) is 87.8 Å². The number of hydrogen-bond donors (Lipinski definition) is 2. The average Bonchev–Trinajstić information content (AvgIpc) is 2.52. The Morgan fingerprint density at radius 2 is 1.75 bits per heavy atom. The van der Waals surface area contributed by atoms with E-state index in [0.717, 1.165) is 18.7 Å². The van der Waals surface area contributed by atoms with E-state index >= 15 is 0 Å². The number of hydrogen-bond acceptors (Lipinski definition) is 3. The molecule has 0 saturated heterocycles. The van der Waals surface area contributed by atoms with Crippen LogP contribution >= 0.6 is 24.0 Å². The molecule has 0 spiro atoms. The zero-order chi connectivity index (χ0) is 17.5. The van der Waals surface area contributed by atoms with Gasteiger partial charge in [0.2, 0.25) is 10.0 Å². The first kappa shape index (κ1) is 23.1. The summed E-state index contributed by atoms with van der Waals surface area (Å²) in [5, 5.41) is 0. The fourth-order valence-corrected chi connectivity index (χ4v) is 3.17. The molecule has 1 rings (SSSR count). The van der Waals surface area contributed by atoms with E-state index in [-0.39, 0.29) is 34.8 Å². The monoisotopic (exact) mass is 468 g/mol. The summed E-state index contributed by atoms with van der Waals surface area (Å²) in [5.41, 5.74) is 6.84. The third-order valence-electron chi connectivity index (χ3n) is 3.43. The van der Waals surface area contributed by atoms with Crippen molar-refractivity contribution in [1.82, 2.24) is 9.62 Å². The Morgan fingerprint density at radius 3 is 2.21 bits per heavy atom. The summed E-state index contributed by atoms with van der Waals surface area (Å²) in [6.07, 6.45) is 0. The summed E-state index contributed by atoms with van der Waals surface area (Å²) < 4.78 is 26.8. The maximum atomic E-state index is 12.1. The quantitative estimate of drug-likeness (QED) is 0.349. The molecule has 1 aromatic rings. The first-order valence-electron chi connectivity index (χ1n) is 7.93. The molecule has 0 aliphatic rings. The van der Waals surface area contributed by atoms with Crippen LogP contribution in [0.3, 0.4) is 0 Å². The van der Waals surface area contributed by atoms with Crippen molar-refractivity contribution in [2.45, 2.75) is 39.1 Å². The lowest BCUT2D eigenvalue weighted by molar-refractivity contribution is 0.458. The van der Waals surface area contributed by atoms with Crippen molar-refractivity contribution in [3.8, 4) is 0 Å². The molecule has 1 aromatic carbocycles. The van der Waals surface area contributed by atoms with Crippen molar-refractivity contribution >= 4 is 40.0 Å². The van der Waals surface area contributed by atoms with Crippen LogP contribution in [0.15, 0.2) is 34.2 Å². The maximum Gasteiger partial charge on any atom is 0.240 e. The predicted octanol–water partition coefficient (Wildman–Crippen LogP) is 2.40. The highest BCUT2D eigenvalue weighted by molar-refractivity contribution is 14.0. The van der Waals surface area contributed by atoms with Gasteiger partial charge in [0.25, 0.3) is 0 Å². The van der Waals surface area contributed by atoms with Gasteiger partial charge in [0.1, 0.15) is 0 Å². The second-order valence-electron chi connectivity index (χ2n) is 5.74. The van der Waals surface area contributed by atoms with Crippen molar-refractivity contribution in [2.24, 2.45) is 16.6 Å². The van der Waals surface area contributed by atoms with Gasteiger partial charge in [-0.25, -0.2) is 18.1 Å². The molecule has 0 amide bonds. The molecule has 0 aliphatic carbocycles. The Hall–Kier alpha value is -0.870. The van der Waals surface area contributed by atoms with E-state index in [1.807, 2.05) is 32.6 Å². The molecule has 0 unspecified atom stereocenters. The van der Waals surface area contributed by atoms with Gasteiger partial charge in [0.15, 0.2) is 5.96 Å². The van der Waals surface area contributed by atoms with E-state index in [2.05, 4.69) is 9.71 Å². The number of guanidine groups is 1. The molecule has 0 bridgehead atoms. The van der Waals surface area contributed by atoms with Gasteiger partial charge >= 0.3 is 0 Å². The van der Waals surface area contributed by atoms with Crippen LogP contribution in [0.4, 0.5) is 0 Å². The van der Waals surface area contributed by atoms with Crippen LogP contribution < -0.4 is 10.5 Å². The number of aliphatic imine (C=N–C) groups is 1. The Kier molecular flexibility index (Phi) is 10.5. The number of benzene rings is 1. The van der Waals surface area contributed by atoms with Crippen molar-refractivity contribution in [3.05, 3.63) is 29.8 Å². The number of nitrogens with one attached hydrogen (secondary N) is 1. The molecule has 24 heavy (non-hydrogen) atoms. The summed E-state index contributed by atoms with van der Waals surface area (Å²) in [6.45, 7) is 10.4. The molecule has 138 valence electrons. The minimum atomic E-state index is -3.44. The Labute approximate surface area is 163 Å². The largest absolute Gasteiger partial charge is 0.370 e. The highest BCUT2D eigenvalue weighted by atomic mass is 127. The number of sulfonamides is 1. The van der Waals surface area contributed by atoms with Gasteiger partial charge < -0.3 is 10.6 Å². The van der Waals surface area contributed by atoms with Crippen LogP contribution in [0.25, 0.3) is 0 Å². The smallest absolute Gasteiger partial charge is 0.240 e. The Balaban J connectivity index is 0.00000529. The summed E-state index contributed by atoms with van der Waals surface area (Å²) >= 11 is 0. The predicted molar refractivity (Wildman–Crippen MR) is 110 cm³/mol. The van der Waals surface area contributed by atoms with E-state index in [0.29, 0.717) is 19.0 Å². The van der Waals surface area contributed by atoms with Crippen LogP contribution in [0, 0.1) is 5.92 Å². The Morgan fingerprint density at radius 1 is 1.21 bits per heavy atom. The SMILES string of the molecule is CCN(CC)C(N)=NCc1ccc(S(=O)(=O)NCC(C)C)cc1.I. The number of halogens is 1. The van der Waals surface area contributed by atoms with Gasteiger partial charge in [-0.1, -0.05) is 26.0 Å². The molecule has 0 heterocycles. The van der Waals surface area contributed by atoms with Gasteiger partial charge in [-0.05, 0) is 37.5 Å². The maximum absolute atomic E-state index is 12.1. The number of nitrogens with zero attached hydrogens (tertiary/aromatic N) is 2. The van der Waals surface area contributed by atoms with Crippen molar-refractivity contribution in [3.63, 3.8) is 0 Å². The molecule has 8 heteroatoms. The number of rotatable bonds is 8. The lowest BCUT2D eigenvalue weighted by Gasteiger charge is -2.19. The second kappa shape index (κ2) is 10.9. The summed E-state index contributed by atoms with van der Waals surface area (Å²) in [4.78, 5) is 6.58. The van der Waals surface area contributed by atoms with Crippen LogP contribution in [-0.2, 0) is 16.6 Å². The molecule has 0 atom stereocenters. The van der Waals surface area contributed by atoms with Crippen LogP contribution in [0.5, 0.6) is 0 Å². The van der Waals surface area contributed by atoms with Gasteiger partial charge in [0, 0.05) is 19.6 Å². The summed E-state index contributed by atoms with van der Waals surface area (Å²) in [5.74, 6) is 0.770. The fourth-order valence-electron chi connectivity index (χ4n) is 1.95. The normalized spacial score (nSPS) is 12.1. The summed E-state index contributed by atoms with van der Waals surface area (Å²) in [6, 6.07) is 6.73. The number of nitrogens with two attached hydrogens (primary N) is 1. The molecule has 3 N–H and O–H groups in total. The second-order valence-corrected chi connectivity index (χ2v) is 7.50. The molecule has 6 nitrogen and oxygen atoms in total. The van der Waals surface area contributed by atoms with Crippen LogP contribution in [0.2, 0.25) is 0 Å². The first-order valence-corrected chi connectivity index (χ1v) is 9.41. The van der Waals surface area contributed by atoms with Gasteiger partial charge in [-0.15, -0.1) is 24.0 Å². The van der Waals surface area contributed by atoms with Crippen molar-refractivity contribution in [1.29, 1.82) is 0 Å². The molecule has 0 saturated carbocycles. The van der Waals surface area contributed by atoms with E-state index in [1.165, 1.54) is 0 Å². The average molecular weight is 468 g/mol. The third kappa shape index (κ3) is 7.35. The Bertz CT molecular complexity index is 611. The zero-order valence-electron chi connectivity index (χ0n) is 14.8. The van der Waals surface area contributed by atoms with Gasteiger partial charge in [-0.2, -0.15) is 0 Å². The highest BCUT2D eigenvalue weighted by Gasteiger charge is 2.13. The van der Waals surface area contributed by atoms with Gasteiger partial charge in [0.05, 0.1) is 11.4 Å². The third-order valence-corrected chi connectivity index (χ3v) is 4.87. The van der Waals surface area contributed by atoms with E-state index in [9.17, 15) is 8.42 Å². The minimum Gasteiger partial charge on any atom is -0.370 e. The van der Waals surface area contributed by atoms with Crippen molar-refractivity contribution < 1.29 is 8.42 Å². The lowest BCUT2D eigenvalue weighted by atomic mass is 10.2. The van der Waals surface area contributed by atoms with Crippen molar-refractivity contribution in [2.75, 3.05) is 19.6 Å². The molecule has 0 aliphatic heterocycles. The first-order chi connectivity index (χ1) is 10.8. The highest BCUT2D eigenvalue weighted by Crippen LogP contribution is 2.11. The molecule has 0 aromatic heterocycles. The van der Waals surface area contributed by atoms with Gasteiger partial charge in [-0.3, -0.25) is 0 Å². The van der Waals surface area contributed by atoms with E-state index in [1.54, 1.807) is 24.3 Å².